The van der Waals surface area contributed by atoms with E-state index in [0.717, 1.165) is 5.76 Å². The summed E-state index contributed by atoms with van der Waals surface area (Å²) in [6.07, 6.45) is 6.88. The number of nitrogens with zero attached hydrogens (tertiary/aromatic N) is 1. The quantitative estimate of drug-likeness (QED) is 0.612. The number of carbonyl (C=O) groups excluding carboxylic acids is 1. The van der Waals surface area contributed by atoms with Crippen molar-refractivity contribution in [2.45, 2.75) is 0 Å². The molecular weight excluding hydrogens is 346 g/mol. The molecule has 2 aliphatic heterocycles. The van der Waals surface area contributed by atoms with Crippen molar-refractivity contribution < 1.29 is 18.7 Å². The largest absolute Gasteiger partial charge is 0.465 e. The Hall–Kier alpha value is -2.51. The van der Waals surface area contributed by atoms with Gasteiger partial charge in [0, 0.05) is 6.07 Å². The fourth-order valence-corrected chi connectivity index (χ4v) is 3.60. The minimum absolute atomic E-state index is 0.159. The number of allylic oxidation sites excluding steroid dienone is 2. The van der Waals surface area contributed by atoms with E-state index in [1.165, 1.54) is 16.7 Å². The molecule has 0 spiro atoms. The molecule has 1 aromatic carbocycles. The van der Waals surface area contributed by atoms with Crippen molar-refractivity contribution in [1.29, 1.82) is 0 Å². The monoisotopic (exact) mass is 357 g/mol. The summed E-state index contributed by atoms with van der Waals surface area (Å²) in [5, 5.41) is 0. The molecule has 5 nitrogen and oxygen atoms in total. The van der Waals surface area contributed by atoms with Crippen LogP contribution in [0.2, 0.25) is 0 Å². The van der Waals surface area contributed by atoms with Gasteiger partial charge in [-0.1, -0.05) is 30.1 Å². The Labute approximate surface area is 147 Å². The molecule has 0 bridgehead atoms. The zero-order valence-corrected chi connectivity index (χ0v) is 13.9. The van der Waals surface area contributed by atoms with Gasteiger partial charge in [-0.25, -0.2) is 0 Å². The maximum absolute atomic E-state index is 12.6. The van der Waals surface area contributed by atoms with Crippen LogP contribution in [-0.2, 0) is 4.79 Å². The van der Waals surface area contributed by atoms with E-state index >= 15 is 0 Å². The van der Waals surface area contributed by atoms with Crippen LogP contribution in [0.3, 0.4) is 0 Å². The fraction of sp³-hybridized carbons (Fsp3) is 0.0588. The van der Waals surface area contributed by atoms with Gasteiger partial charge in [-0.15, -0.1) is 0 Å². The zero-order valence-electron chi connectivity index (χ0n) is 12.3. The molecule has 120 valence electrons. The third-order valence-electron chi connectivity index (χ3n) is 3.46. The molecule has 1 aromatic heterocycles. The van der Waals surface area contributed by atoms with Gasteiger partial charge in [0.2, 0.25) is 6.79 Å². The summed E-state index contributed by atoms with van der Waals surface area (Å²) < 4.78 is 16.3. The molecule has 24 heavy (non-hydrogen) atoms. The van der Waals surface area contributed by atoms with E-state index < -0.39 is 0 Å². The average molecular weight is 357 g/mol. The van der Waals surface area contributed by atoms with E-state index in [4.69, 9.17) is 26.1 Å². The van der Waals surface area contributed by atoms with E-state index in [9.17, 15) is 4.79 Å². The van der Waals surface area contributed by atoms with Gasteiger partial charge in [0.05, 0.1) is 16.9 Å². The van der Waals surface area contributed by atoms with Crippen LogP contribution < -0.4 is 14.4 Å². The molecule has 1 amide bonds. The number of benzene rings is 1. The molecule has 3 heterocycles. The molecule has 2 aliphatic rings. The second kappa shape index (κ2) is 6.18. The standard InChI is InChI=1S/C17H11NO4S2/c19-16-15(5-1-3-12-4-2-8-20-12)24-17(23)18(16)11-6-7-13-14(9-11)22-10-21-13/h1-9H,10H2. The Morgan fingerprint density at radius 1 is 1.21 bits per heavy atom. The number of anilines is 1. The Bertz CT molecular complexity index is 871. The number of hydrogen-bond acceptors (Lipinski definition) is 6. The predicted octanol–water partition coefficient (Wildman–Crippen LogP) is 3.97. The normalized spacial score (nSPS) is 18.3. The van der Waals surface area contributed by atoms with Crippen molar-refractivity contribution in [3.8, 4) is 11.5 Å². The second-order valence-corrected chi connectivity index (χ2v) is 6.63. The van der Waals surface area contributed by atoms with Crippen molar-refractivity contribution in [2.24, 2.45) is 0 Å². The van der Waals surface area contributed by atoms with Crippen LogP contribution in [0.1, 0.15) is 5.76 Å². The lowest BCUT2D eigenvalue weighted by atomic mass is 10.2. The van der Waals surface area contributed by atoms with Crippen molar-refractivity contribution in [3.63, 3.8) is 0 Å². The third-order valence-corrected chi connectivity index (χ3v) is 4.78. The summed E-state index contributed by atoms with van der Waals surface area (Å²) in [5.41, 5.74) is 0.667. The van der Waals surface area contributed by atoms with Gasteiger partial charge in [-0.05, 0) is 36.4 Å². The molecule has 7 heteroatoms. The van der Waals surface area contributed by atoms with Crippen LogP contribution >= 0.6 is 24.0 Å². The van der Waals surface area contributed by atoms with Gasteiger partial charge in [0.15, 0.2) is 15.8 Å². The van der Waals surface area contributed by atoms with E-state index in [1.54, 1.807) is 48.8 Å². The van der Waals surface area contributed by atoms with Gasteiger partial charge in [-0.3, -0.25) is 9.69 Å². The Balaban J connectivity index is 1.57. The molecule has 1 saturated heterocycles. The Kier molecular flexibility index (Phi) is 3.87. The molecule has 0 saturated carbocycles. The molecule has 0 aliphatic carbocycles. The Morgan fingerprint density at radius 3 is 2.92 bits per heavy atom. The lowest BCUT2D eigenvalue weighted by molar-refractivity contribution is -0.113. The summed E-state index contributed by atoms with van der Waals surface area (Å²) in [5.74, 6) is 1.84. The smallest absolute Gasteiger partial charge is 0.270 e. The van der Waals surface area contributed by atoms with Gasteiger partial charge >= 0.3 is 0 Å². The third kappa shape index (κ3) is 2.72. The molecular formula is C17H11NO4S2. The highest BCUT2D eigenvalue weighted by Crippen LogP contribution is 2.40. The minimum atomic E-state index is -0.159. The van der Waals surface area contributed by atoms with Crippen molar-refractivity contribution in [1.82, 2.24) is 0 Å². The number of thiocarbonyl (C=S) groups is 1. The van der Waals surface area contributed by atoms with E-state index in [-0.39, 0.29) is 12.7 Å². The summed E-state index contributed by atoms with van der Waals surface area (Å²) in [6.45, 7) is 0.189. The highest BCUT2D eigenvalue weighted by Gasteiger charge is 2.33. The number of rotatable bonds is 3. The van der Waals surface area contributed by atoms with Crippen LogP contribution in [0.5, 0.6) is 11.5 Å². The second-order valence-electron chi connectivity index (χ2n) is 4.95. The molecule has 4 rings (SSSR count). The van der Waals surface area contributed by atoms with Crippen molar-refractivity contribution in [3.05, 3.63) is 59.4 Å². The van der Waals surface area contributed by atoms with Gasteiger partial charge < -0.3 is 13.9 Å². The number of furan rings is 1. The number of ether oxygens (including phenoxy) is 2. The van der Waals surface area contributed by atoms with Crippen LogP contribution in [0.15, 0.2) is 58.1 Å². The fourth-order valence-electron chi connectivity index (χ4n) is 2.35. The van der Waals surface area contributed by atoms with Crippen molar-refractivity contribution >= 4 is 46.0 Å². The van der Waals surface area contributed by atoms with Crippen LogP contribution in [0.25, 0.3) is 6.08 Å². The van der Waals surface area contributed by atoms with Gasteiger partial charge in [0.1, 0.15) is 5.76 Å². The molecule has 0 unspecified atom stereocenters. The first-order chi connectivity index (χ1) is 11.7. The van der Waals surface area contributed by atoms with Crippen molar-refractivity contribution in [2.75, 3.05) is 11.7 Å². The lowest BCUT2D eigenvalue weighted by Crippen LogP contribution is -2.27. The number of carbonyl (C=O) groups is 1. The van der Waals surface area contributed by atoms with E-state index in [1.807, 2.05) is 6.07 Å². The summed E-state index contributed by atoms with van der Waals surface area (Å²) in [4.78, 5) is 14.7. The molecule has 2 aromatic rings. The summed E-state index contributed by atoms with van der Waals surface area (Å²) >= 11 is 6.61. The van der Waals surface area contributed by atoms with Gasteiger partial charge in [0.25, 0.3) is 5.91 Å². The predicted molar refractivity (Wildman–Crippen MR) is 96.1 cm³/mol. The number of amides is 1. The first-order valence-corrected chi connectivity index (χ1v) is 8.32. The number of fused-ring (bicyclic) bond motifs is 1. The first kappa shape index (κ1) is 15.0. The summed E-state index contributed by atoms with van der Waals surface area (Å²) in [6, 6.07) is 8.96. The topological polar surface area (TPSA) is 51.9 Å². The van der Waals surface area contributed by atoms with Crippen LogP contribution in [0, 0.1) is 0 Å². The van der Waals surface area contributed by atoms with Gasteiger partial charge in [-0.2, -0.15) is 0 Å². The summed E-state index contributed by atoms with van der Waals surface area (Å²) in [7, 11) is 0. The zero-order chi connectivity index (χ0) is 16.5. The average Bonchev–Trinajstić information content (AvgIpc) is 3.29. The number of hydrogen-bond donors (Lipinski definition) is 0. The lowest BCUT2D eigenvalue weighted by Gasteiger charge is -2.14. The highest BCUT2D eigenvalue weighted by atomic mass is 32.2. The van der Waals surface area contributed by atoms with E-state index in [2.05, 4.69) is 0 Å². The SMILES string of the molecule is O=C1C(=CC=Cc2ccco2)SC(=S)N1c1ccc2c(c1)OCO2. The molecule has 0 atom stereocenters. The molecule has 0 N–H and O–H groups in total. The molecule has 0 radical (unpaired) electrons. The maximum Gasteiger partial charge on any atom is 0.270 e. The minimum Gasteiger partial charge on any atom is -0.465 e. The number of thioether (sulfide) groups is 1. The maximum atomic E-state index is 12.6. The Morgan fingerprint density at radius 2 is 2.08 bits per heavy atom. The van der Waals surface area contributed by atoms with Crippen LogP contribution in [-0.4, -0.2) is 17.0 Å². The van der Waals surface area contributed by atoms with E-state index in [0.29, 0.717) is 26.4 Å². The van der Waals surface area contributed by atoms with Crippen LogP contribution in [0.4, 0.5) is 5.69 Å². The highest BCUT2D eigenvalue weighted by molar-refractivity contribution is 8.27. The molecule has 1 fully saturated rings. The first-order valence-electron chi connectivity index (χ1n) is 7.10.